The second kappa shape index (κ2) is 3.60. The predicted octanol–water partition coefficient (Wildman–Crippen LogP) is 4.00. The van der Waals surface area contributed by atoms with Gasteiger partial charge in [-0.3, -0.25) is 0 Å². The molecule has 1 nitrogen and oxygen atoms in total. The van der Waals surface area contributed by atoms with Gasteiger partial charge in [0.05, 0.1) is 6.26 Å². The van der Waals surface area contributed by atoms with Crippen LogP contribution in [0.2, 0.25) is 0 Å². The van der Waals surface area contributed by atoms with E-state index < -0.39 is 0 Å². The summed E-state index contributed by atoms with van der Waals surface area (Å²) in [5.41, 5.74) is 1.00. The third-order valence-electron chi connectivity index (χ3n) is 1.77. The van der Waals surface area contributed by atoms with Crippen molar-refractivity contribution in [3.8, 4) is 11.3 Å². The summed E-state index contributed by atoms with van der Waals surface area (Å²) in [5, 5.41) is 0. The van der Waals surface area contributed by atoms with Crippen molar-refractivity contribution in [2.24, 2.45) is 0 Å². The number of halogens is 1. The van der Waals surface area contributed by atoms with E-state index >= 15 is 0 Å². The van der Waals surface area contributed by atoms with Gasteiger partial charge in [0.1, 0.15) is 5.76 Å². The van der Waals surface area contributed by atoms with E-state index in [1.807, 2.05) is 30.3 Å². The van der Waals surface area contributed by atoms with Gasteiger partial charge in [0.2, 0.25) is 0 Å². The average molecular weight is 255 g/mol. The first-order valence-electron chi connectivity index (χ1n) is 3.80. The lowest BCUT2D eigenvalue weighted by atomic mass is 10.2. The van der Waals surface area contributed by atoms with Crippen molar-refractivity contribution in [2.45, 2.75) is 4.90 Å². The predicted molar refractivity (Wildman–Crippen MR) is 59.1 cm³/mol. The molecule has 0 N–H and O–H groups in total. The molecule has 0 atom stereocenters. The zero-order valence-electron chi connectivity index (χ0n) is 6.70. The molecule has 0 amide bonds. The molecular formula is C10H7BrOS. The third kappa shape index (κ3) is 1.67. The number of hydrogen-bond acceptors (Lipinski definition) is 2. The molecule has 0 saturated carbocycles. The van der Waals surface area contributed by atoms with Gasteiger partial charge in [-0.05, 0) is 34.1 Å². The maximum atomic E-state index is 5.29. The van der Waals surface area contributed by atoms with Gasteiger partial charge in [-0.1, -0.05) is 12.1 Å². The monoisotopic (exact) mass is 254 g/mol. The lowest BCUT2D eigenvalue weighted by Crippen LogP contribution is -1.77. The van der Waals surface area contributed by atoms with Crippen LogP contribution in [0.5, 0.6) is 0 Å². The Hall–Kier alpha value is -0.670. The molecule has 0 spiro atoms. The molecule has 2 aromatic rings. The van der Waals surface area contributed by atoms with Gasteiger partial charge in [-0.15, -0.1) is 12.6 Å². The minimum Gasteiger partial charge on any atom is -0.464 e. The van der Waals surface area contributed by atoms with Crippen LogP contribution in [0, 0.1) is 0 Å². The SMILES string of the molecule is Sc1c(Br)cccc1-c1ccco1. The first-order chi connectivity index (χ1) is 6.29. The molecule has 0 saturated heterocycles. The van der Waals surface area contributed by atoms with Crippen LogP contribution in [0.15, 0.2) is 50.4 Å². The van der Waals surface area contributed by atoms with Crippen LogP contribution in [-0.4, -0.2) is 0 Å². The Labute approximate surface area is 90.3 Å². The first kappa shape index (κ1) is 8.91. The molecule has 0 unspecified atom stereocenters. The summed E-state index contributed by atoms with van der Waals surface area (Å²) in [4.78, 5) is 0.900. The summed E-state index contributed by atoms with van der Waals surface area (Å²) >= 11 is 7.80. The molecule has 1 heterocycles. The van der Waals surface area contributed by atoms with Crippen LogP contribution >= 0.6 is 28.6 Å². The maximum Gasteiger partial charge on any atom is 0.135 e. The summed E-state index contributed by atoms with van der Waals surface area (Å²) in [6.45, 7) is 0. The Morgan fingerprint density at radius 1 is 1.15 bits per heavy atom. The van der Waals surface area contributed by atoms with Crippen LogP contribution in [-0.2, 0) is 0 Å². The highest BCUT2D eigenvalue weighted by Crippen LogP contribution is 2.32. The Balaban J connectivity index is 2.59. The van der Waals surface area contributed by atoms with E-state index in [0.717, 1.165) is 20.7 Å². The van der Waals surface area contributed by atoms with Gasteiger partial charge in [0.25, 0.3) is 0 Å². The van der Waals surface area contributed by atoms with Crippen molar-refractivity contribution in [3.05, 3.63) is 41.1 Å². The van der Waals surface area contributed by atoms with Crippen molar-refractivity contribution in [3.63, 3.8) is 0 Å². The van der Waals surface area contributed by atoms with E-state index in [0.29, 0.717) is 0 Å². The zero-order chi connectivity index (χ0) is 9.26. The fraction of sp³-hybridized carbons (Fsp3) is 0. The highest BCUT2D eigenvalue weighted by molar-refractivity contribution is 9.10. The topological polar surface area (TPSA) is 13.1 Å². The second-order valence-electron chi connectivity index (χ2n) is 2.61. The number of rotatable bonds is 1. The normalized spacial score (nSPS) is 10.3. The molecule has 13 heavy (non-hydrogen) atoms. The molecule has 0 aliphatic rings. The molecule has 3 heteroatoms. The van der Waals surface area contributed by atoms with Crippen LogP contribution in [0.4, 0.5) is 0 Å². The van der Waals surface area contributed by atoms with E-state index in [-0.39, 0.29) is 0 Å². The molecule has 0 radical (unpaired) electrons. The second-order valence-corrected chi connectivity index (χ2v) is 3.91. The fourth-order valence-corrected chi connectivity index (χ4v) is 1.77. The van der Waals surface area contributed by atoms with Gasteiger partial charge in [-0.2, -0.15) is 0 Å². The van der Waals surface area contributed by atoms with Crippen molar-refractivity contribution in [1.82, 2.24) is 0 Å². The number of hydrogen-bond donors (Lipinski definition) is 1. The molecule has 2 rings (SSSR count). The molecule has 66 valence electrons. The smallest absolute Gasteiger partial charge is 0.135 e. The van der Waals surface area contributed by atoms with Gasteiger partial charge in [0, 0.05) is 14.9 Å². The van der Waals surface area contributed by atoms with Crippen LogP contribution < -0.4 is 0 Å². The van der Waals surface area contributed by atoms with Crippen molar-refractivity contribution in [1.29, 1.82) is 0 Å². The summed E-state index contributed by atoms with van der Waals surface area (Å²) in [7, 11) is 0. The van der Waals surface area contributed by atoms with E-state index in [1.165, 1.54) is 0 Å². The molecular weight excluding hydrogens is 248 g/mol. The average Bonchev–Trinajstić information content (AvgIpc) is 2.62. The van der Waals surface area contributed by atoms with E-state index in [9.17, 15) is 0 Å². The van der Waals surface area contributed by atoms with Gasteiger partial charge < -0.3 is 4.42 Å². The van der Waals surface area contributed by atoms with Gasteiger partial charge in [-0.25, -0.2) is 0 Å². The summed E-state index contributed by atoms with van der Waals surface area (Å²) < 4.78 is 6.26. The molecule has 0 bridgehead atoms. The number of benzene rings is 1. The largest absolute Gasteiger partial charge is 0.464 e. The van der Waals surface area contributed by atoms with Crippen molar-refractivity contribution in [2.75, 3.05) is 0 Å². The van der Waals surface area contributed by atoms with Crippen LogP contribution in [0.25, 0.3) is 11.3 Å². The Kier molecular flexibility index (Phi) is 2.47. The van der Waals surface area contributed by atoms with Crippen LogP contribution in [0.3, 0.4) is 0 Å². The molecule has 0 aliphatic heterocycles. The van der Waals surface area contributed by atoms with Gasteiger partial charge >= 0.3 is 0 Å². The molecule has 0 fully saturated rings. The minimum absolute atomic E-state index is 0.839. The maximum absolute atomic E-state index is 5.29. The quantitative estimate of drug-likeness (QED) is 0.760. The summed E-state index contributed by atoms with van der Waals surface area (Å²) in [6.07, 6.45) is 1.66. The fourth-order valence-electron chi connectivity index (χ4n) is 1.15. The summed E-state index contributed by atoms with van der Waals surface area (Å²) in [6, 6.07) is 9.67. The number of thiol groups is 1. The standard InChI is InChI=1S/C10H7BrOS/c11-8-4-1-3-7(10(8)13)9-5-2-6-12-9/h1-6,13H. The Morgan fingerprint density at radius 2 is 2.00 bits per heavy atom. The lowest BCUT2D eigenvalue weighted by molar-refractivity contribution is 0.581. The molecule has 1 aromatic carbocycles. The highest BCUT2D eigenvalue weighted by atomic mass is 79.9. The number of furan rings is 1. The highest BCUT2D eigenvalue weighted by Gasteiger charge is 2.06. The van der Waals surface area contributed by atoms with Crippen LogP contribution in [0.1, 0.15) is 0 Å². The Morgan fingerprint density at radius 3 is 2.69 bits per heavy atom. The van der Waals surface area contributed by atoms with E-state index in [1.54, 1.807) is 6.26 Å². The minimum atomic E-state index is 0.839. The molecule has 0 aliphatic carbocycles. The lowest BCUT2D eigenvalue weighted by Gasteiger charge is -2.02. The Bertz CT molecular complexity index is 409. The van der Waals surface area contributed by atoms with E-state index in [2.05, 4.69) is 28.6 Å². The third-order valence-corrected chi connectivity index (χ3v) is 3.22. The van der Waals surface area contributed by atoms with Gasteiger partial charge in [0.15, 0.2) is 0 Å². The van der Waals surface area contributed by atoms with E-state index in [4.69, 9.17) is 4.42 Å². The zero-order valence-corrected chi connectivity index (χ0v) is 9.18. The first-order valence-corrected chi connectivity index (χ1v) is 5.04. The van der Waals surface area contributed by atoms with Crippen molar-refractivity contribution >= 4 is 28.6 Å². The molecule has 1 aromatic heterocycles. The van der Waals surface area contributed by atoms with Crippen molar-refractivity contribution < 1.29 is 4.42 Å². The summed E-state index contributed by atoms with van der Waals surface area (Å²) in [5.74, 6) is 0.839.